The topological polar surface area (TPSA) is 34.9 Å². The zero-order chi connectivity index (χ0) is 14.9. The smallest absolute Gasteiger partial charge is 0.171 e. The monoisotopic (exact) mass is 338 g/mol. The fourth-order valence-electron chi connectivity index (χ4n) is 2.15. The van der Waals surface area contributed by atoms with Crippen molar-refractivity contribution in [1.82, 2.24) is 9.78 Å². The first-order valence-corrected chi connectivity index (χ1v) is 7.25. The van der Waals surface area contributed by atoms with Crippen LogP contribution in [0.5, 0.6) is 0 Å². The Bertz CT molecular complexity index is 664. The average molecular weight is 339 g/mol. The molecule has 1 aromatic heterocycles. The van der Waals surface area contributed by atoms with E-state index in [0.717, 1.165) is 15.9 Å². The third kappa shape index (κ3) is 2.68. The van der Waals surface area contributed by atoms with E-state index >= 15 is 0 Å². The molecule has 0 radical (unpaired) electrons. The summed E-state index contributed by atoms with van der Waals surface area (Å²) in [7, 11) is 0. The molecule has 0 fully saturated rings. The molecule has 106 valence electrons. The Morgan fingerprint density at radius 3 is 2.75 bits per heavy atom. The SMILES string of the molecule is CCn1nc(C)c(Br)c1CC(=O)c1cccc(C)c1F. The van der Waals surface area contributed by atoms with E-state index in [4.69, 9.17) is 0 Å². The molecule has 0 atom stereocenters. The van der Waals surface area contributed by atoms with Crippen LogP contribution in [-0.2, 0) is 13.0 Å². The van der Waals surface area contributed by atoms with Crippen molar-refractivity contribution in [3.05, 3.63) is 51.0 Å². The van der Waals surface area contributed by atoms with Gasteiger partial charge in [-0.05, 0) is 48.3 Å². The van der Waals surface area contributed by atoms with Crippen LogP contribution in [0.4, 0.5) is 4.39 Å². The van der Waals surface area contributed by atoms with Crippen molar-refractivity contribution in [2.75, 3.05) is 0 Å². The molecule has 5 heteroatoms. The van der Waals surface area contributed by atoms with E-state index in [0.29, 0.717) is 12.1 Å². The summed E-state index contributed by atoms with van der Waals surface area (Å²) in [5.74, 6) is -0.672. The number of halogens is 2. The summed E-state index contributed by atoms with van der Waals surface area (Å²) in [4.78, 5) is 12.3. The van der Waals surface area contributed by atoms with Crippen LogP contribution in [0.25, 0.3) is 0 Å². The fraction of sp³-hybridized carbons (Fsp3) is 0.333. The third-order valence-corrected chi connectivity index (χ3v) is 4.30. The second kappa shape index (κ2) is 5.87. The van der Waals surface area contributed by atoms with Crippen molar-refractivity contribution in [3.63, 3.8) is 0 Å². The predicted molar refractivity (Wildman–Crippen MR) is 79.5 cm³/mol. The molecule has 0 bridgehead atoms. The summed E-state index contributed by atoms with van der Waals surface area (Å²) >= 11 is 3.45. The minimum absolute atomic E-state index is 0.135. The van der Waals surface area contributed by atoms with Crippen LogP contribution in [0.3, 0.4) is 0 Å². The van der Waals surface area contributed by atoms with Gasteiger partial charge in [-0.15, -0.1) is 0 Å². The maximum absolute atomic E-state index is 14.0. The molecule has 0 aliphatic heterocycles. The van der Waals surface area contributed by atoms with Gasteiger partial charge in [-0.25, -0.2) is 4.39 Å². The van der Waals surface area contributed by atoms with E-state index in [1.54, 1.807) is 23.7 Å². The van der Waals surface area contributed by atoms with Crippen LogP contribution < -0.4 is 0 Å². The zero-order valence-corrected chi connectivity index (χ0v) is 13.3. The lowest BCUT2D eigenvalue weighted by atomic mass is 10.0. The van der Waals surface area contributed by atoms with Gasteiger partial charge in [0, 0.05) is 6.54 Å². The molecule has 1 heterocycles. The maximum Gasteiger partial charge on any atom is 0.171 e. The number of benzene rings is 1. The van der Waals surface area contributed by atoms with Crippen LogP contribution in [0.15, 0.2) is 22.7 Å². The number of rotatable bonds is 4. The summed E-state index contributed by atoms with van der Waals surface area (Å²) in [5.41, 5.74) is 2.24. The zero-order valence-electron chi connectivity index (χ0n) is 11.7. The largest absolute Gasteiger partial charge is 0.294 e. The lowest BCUT2D eigenvalue weighted by Crippen LogP contribution is -2.12. The highest BCUT2D eigenvalue weighted by Gasteiger charge is 2.19. The predicted octanol–water partition coefficient (Wildman–Crippen LogP) is 3.85. The molecule has 0 spiro atoms. The second-order valence-electron chi connectivity index (χ2n) is 4.70. The average Bonchev–Trinajstić information content (AvgIpc) is 2.69. The van der Waals surface area contributed by atoms with E-state index in [1.807, 2.05) is 13.8 Å². The Balaban J connectivity index is 2.35. The lowest BCUT2D eigenvalue weighted by Gasteiger charge is -2.07. The molecule has 2 aromatic rings. The minimum Gasteiger partial charge on any atom is -0.294 e. The van der Waals surface area contributed by atoms with Gasteiger partial charge in [-0.2, -0.15) is 5.10 Å². The summed E-state index contributed by atoms with van der Waals surface area (Å²) in [6, 6.07) is 4.88. The van der Waals surface area contributed by atoms with E-state index in [2.05, 4.69) is 21.0 Å². The van der Waals surface area contributed by atoms with Gasteiger partial charge in [-0.1, -0.05) is 12.1 Å². The highest BCUT2D eigenvalue weighted by Crippen LogP contribution is 2.23. The Morgan fingerprint density at radius 1 is 1.40 bits per heavy atom. The molecular weight excluding hydrogens is 323 g/mol. The molecule has 1 aromatic carbocycles. The Hall–Kier alpha value is -1.49. The molecule has 0 amide bonds. The van der Waals surface area contributed by atoms with E-state index in [1.165, 1.54) is 6.07 Å². The molecule has 0 N–H and O–H groups in total. The fourth-order valence-corrected chi connectivity index (χ4v) is 2.57. The molecule has 0 unspecified atom stereocenters. The van der Waals surface area contributed by atoms with Crippen LogP contribution in [-0.4, -0.2) is 15.6 Å². The summed E-state index contributed by atoms with van der Waals surface area (Å²) in [6.07, 6.45) is 0.135. The first-order valence-electron chi connectivity index (χ1n) is 6.45. The summed E-state index contributed by atoms with van der Waals surface area (Å²) in [5, 5.41) is 4.34. The number of hydrogen-bond donors (Lipinski definition) is 0. The Labute approximate surface area is 125 Å². The number of hydrogen-bond acceptors (Lipinski definition) is 2. The highest BCUT2D eigenvalue weighted by molar-refractivity contribution is 9.10. The van der Waals surface area contributed by atoms with Crippen LogP contribution in [0.1, 0.15) is 34.2 Å². The van der Waals surface area contributed by atoms with Crippen molar-refractivity contribution in [1.29, 1.82) is 0 Å². The molecule has 2 rings (SSSR count). The number of carbonyl (C=O) groups excluding carboxylic acids is 1. The second-order valence-corrected chi connectivity index (χ2v) is 5.49. The van der Waals surface area contributed by atoms with Gasteiger partial charge in [0.05, 0.1) is 27.8 Å². The minimum atomic E-state index is -0.437. The Kier molecular flexibility index (Phi) is 4.38. The van der Waals surface area contributed by atoms with Gasteiger partial charge in [0.25, 0.3) is 0 Å². The maximum atomic E-state index is 14.0. The van der Waals surface area contributed by atoms with Gasteiger partial charge >= 0.3 is 0 Å². The normalized spacial score (nSPS) is 10.8. The van der Waals surface area contributed by atoms with Crippen LogP contribution in [0, 0.1) is 19.7 Å². The summed E-state index contributed by atoms with van der Waals surface area (Å²) < 4.78 is 16.6. The number of aryl methyl sites for hydroxylation is 3. The van der Waals surface area contributed by atoms with Gasteiger partial charge < -0.3 is 0 Å². The lowest BCUT2D eigenvalue weighted by molar-refractivity contribution is 0.0986. The first-order chi connectivity index (χ1) is 9.45. The molecule has 0 saturated carbocycles. The molecule has 20 heavy (non-hydrogen) atoms. The summed E-state index contributed by atoms with van der Waals surface area (Å²) in [6.45, 7) is 6.16. The van der Waals surface area contributed by atoms with Crippen molar-refractivity contribution in [2.24, 2.45) is 0 Å². The van der Waals surface area contributed by atoms with Gasteiger partial charge in [0.15, 0.2) is 5.78 Å². The van der Waals surface area contributed by atoms with Gasteiger partial charge in [0.2, 0.25) is 0 Å². The quantitative estimate of drug-likeness (QED) is 0.793. The third-order valence-electron chi connectivity index (χ3n) is 3.27. The van der Waals surface area contributed by atoms with Crippen LogP contribution >= 0.6 is 15.9 Å². The molecular formula is C15H16BrFN2O. The van der Waals surface area contributed by atoms with E-state index in [-0.39, 0.29) is 17.8 Å². The standard InChI is InChI=1S/C15H16BrFN2O/c1-4-19-12(14(16)10(3)18-19)8-13(20)11-7-5-6-9(2)15(11)17/h5-7H,4,8H2,1-3H3. The van der Waals surface area contributed by atoms with Crippen molar-refractivity contribution >= 4 is 21.7 Å². The van der Waals surface area contributed by atoms with Crippen molar-refractivity contribution in [2.45, 2.75) is 33.7 Å². The molecule has 0 saturated heterocycles. The van der Waals surface area contributed by atoms with Gasteiger partial charge in [0.1, 0.15) is 5.82 Å². The molecule has 0 aliphatic rings. The van der Waals surface area contributed by atoms with Gasteiger partial charge in [-0.3, -0.25) is 9.48 Å². The molecule has 3 nitrogen and oxygen atoms in total. The molecule has 0 aliphatic carbocycles. The number of ketones is 1. The van der Waals surface area contributed by atoms with Crippen LogP contribution in [0.2, 0.25) is 0 Å². The Morgan fingerprint density at radius 2 is 2.10 bits per heavy atom. The number of Topliss-reactive ketones (excluding diaryl/α,β-unsaturated/α-hetero) is 1. The highest BCUT2D eigenvalue weighted by atomic mass is 79.9. The van der Waals surface area contributed by atoms with Crippen molar-refractivity contribution in [3.8, 4) is 0 Å². The first kappa shape index (κ1) is 14.9. The number of carbonyl (C=O) groups is 1. The van der Waals surface area contributed by atoms with E-state index in [9.17, 15) is 9.18 Å². The van der Waals surface area contributed by atoms with E-state index < -0.39 is 5.82 Å². The number of aromatic nitrogens is 2. The number of nitrogens with zero attached hydrogens (tertiary/aromatic N) is 2. The van der Waals surface area contributed by atoms with Crippen molar-refractivity contribution < 1.29 is 9.18 Å².